The van der Waals surface area contributed by atoms with E-state index < -0.39 is 0 Å². The molecule has 0 aromatic heterocycles. The van der Waals surface area contributed by atoms with Gasteiger partial charge in [-0.1, -0.05) is 13.3 Å². The van der Waals surface area contributed by atoms with E-state index in [0.29, 0.717) is 5.92 Å². The van der Waals surface area contributed by atoms with E-state index in [4.69, 9.17) is 10.8 Å². The van der Waals surface area contributed by atoms with E-state index in [1.54, 1.807) is 0 Å². The molecule has 0 radical (unpaired) electrons. The van der Waals surface area contributed by atoms with Gasteiger partial charge in [0.05, 0.1) is 6.04 Å². The van der Waals surface area contributed by atoms with Gasteiger partial charge in [0.15, 0.2) is 0 Å². The van der Waals surface area contributed by atoms with Crippen LogP contribution in [0.1, 0.15) is 39.0 Å². The third-order valence-corrected chi connectivity index (χ3v) is 3.28. The largest absolute Gasteiger partial charge is 0.396 e. The minimum absolute atomic E-state index is 0.0882. The molecule has 1 aliphatic heterocycles. The van der Waals surface area contributed by atoms with Crippen LogP contribution >= 0.6 is 0 Å². The second-order valence-corrected chi connectivity index (χ2v) is 4.70. The maximum atomic E-state index is 11.8. The first-order chi connectivity index (χ1) is 7.69. The molecule has 1 saturated heterocycles. The van der Waals surface area contributed by atoms with Crippen molar-refractivity contribution in [2.45, 2.75) is 45.1 Å². The summed E-state index contributed by atoms with van der Waals surface area (Å²) in [5.74, 6) is 0.509. The quantitative estimate of drug-likeness (QED) is 0.704. The van der Waals surface area contributed by atoms with Crippen molar-refractivity contribution in [3.63, 3.8) is 0 Å². The highest BCUT2D eigenvalue weighted by atomic mass is 16.3. The molecule has 4 heteroatoms. The minimum atomic E-state index is -0.301. The van der Waals surface area contributed by atoms with Crippen LogP contribution in [0.5, 0.6) is 0 Å². The zero-order valence-corrected chi connectivity index (χ0v) is 10.2. The number of carbonyl (C=O) groups is 1. The summed E-state index contributed by atoms with van der Waals surface area (Å²) in [4.78, 5) is 13.7. The summed E-state index contributed by atoms with van der Waals surface area (Å²) in [6, 6.07) is -0.301. The molecule has 3 N–H and O–H groups in total. The predicted molar refractivity (Wildman–Crippen MR) is 63.9 cm³/mol. The van der Waals surface area contributed by atoms with Crippen LogP contribution < -0.4 is 5.73 Å². The van der Waals surface area contributed by atoms with Gasteiger partial charge in [-0.2, -0.15) is 0 Å². The Morgan fingerprint density at radius 1 is 1.56 bits per heavy atom. The Morgan fingerprint density at radius 3 is 2.94 bits per heavy atom. The van der Waals surface area contributed by atoms with Crippen molar-refractivity contribution in [1.29, 1.82) is 0 Å². The van der Waals surface area contributed by atoms with Gasteiger partial charge in [-0.25, -0.2) is 0 Å². The molecule has 16 heavy (non-hydrogen) atoms. The molecule has 2 unspecified atom stereocenters. The topological polar surface area (TPSA) is 66.6 Å². The van der Waals surface area contributed by atoms with Crippen LogP contribution in [0.2, 0.25) is 0 Å². The van der Waals surface area contributed by atoms with Crippen LogP contribution in [0.15, 0.2) is 0 Å². The lowest BCUT2D eigenvalue weighted by Crippen LogP contribution is -2.49. The molecule has 1 heterocycles. The Kier molecular flexibility index (Phi) is 5.77. The molecular formula is C12H24N2O2. The number of nitrogens with two attached hydrogens (primary N) is 1. The van der Waals surface area contributed by atoms with Gasteiger partial charge >= 0.3 is 0 Å². The zero-order chi connectivity index (χ0) is 12.0. The molecule has 0 aromatic rings. The standard InChI is InChI=1S/C12H24N2O2/c1-2-4-10(6-8-15)9-14-7-3-5-11(13)12(14)16/h10-11,15H,2-9,13H2,1H3. The third kappa shape index (κ3) is 3.76. The number of rotatable bonds is 6. The number of nitrogens with zero attached hydrogens (tertiary/aromatic N) is 1. The highest BCUT2D eigenvalue weighted by molar-refractivity contribution is 5.82. The summed E-state index contributed by atoms with van der Waals surface area (Å²) in [6.45, 7) is 3.94. The smallest absolute Gasteiger partial charge is 0.239 e. The van der Waals surface area contributed by atoms with Gasteiger partial charge in [-0.3, -0.25) is 4.79 Å². The fourth-order valence-corrected chi connectivity index (χ4v) is 2.38. The van der Waals surface area contributed by atoms with Crippen LogP contribution in [0.4, 0.5) is 0 Å². The monoisotopic (exact) mass is 228 g/mol. The number of hydrogen-bond acceptors (Lipinski definition) is 3. The van der Waals surface area contributed by atoms with E-state index in [9.17, 15) is 4.79 Å². The molecule has 1 fully saturated rings. The number of carbonyl (C=O) groups excluding carboxylic acids is 1. The van der Waals surface area contributed by atoms with Crippen LogP contribution in [-0.4, -0.2) is 41.7 Å². The molecule has 1 amide bonds. The van der Waals surface area contributed by atoms with E-state index in [-0.39, 0.29) is 18.6 Å². The lowest BCUT2D eigenvalue weighted by molar-refractivity contribution is -0.135. The van der Waals surface area contributed by atoms with Crippen LogP contribution in [0.3, 0.4) is 0 Å². The van der Waals surface area contributed by atoms with E-state index >= 15 is 0 Å². The first-order valence-electron chi connectivity index (χ1n) is 6.34. The number of aliphatic hydroxyl groups excluding tert-OH is 1. The van der Waals surface area contributed by atoms with Crippen molar-refractivity contribution in [2.24, 2.45) is 11.7 Å². The van der Waals surface area contributed by atoms with Gasteiger partial charge in [0.25, 0.3) is 0 Å². The van der Waals surface area contributed by atoms with Gasteiger partial charge in [-0.05, 0) is 31.6 Å². The minimum Gasteiger partial charge on any atom is -0.396 e. The fourth-order valence-electron chi connectivity index (χ4n) is 2.38. The lowest BCUT2D eigenvalue weighted by Gasteiger charge is -2.33. The van der Waals surface area contributed by atoms with E-state index in [2.05, 4.69) is 6.92 Å². The molecule has 0 aromatic carbocycles. The van der Waals surface area contributed by atoms with E-state index in [1.165, 1.54) is 0 Å². The Balaban J connectivity index is 2.45. The van der Waals surface area contributed by atoms with Gasteiger partial charge in [0.1, 0.15) is 0 Å². The first kappa shape index (κ1) is 13.5. The van der Waals surface area contributed by atoms with Crippen LogP contribution in [0, 0.1) is 5.92 Å². The number of hydrogen-bond donors (Lipinski definition) is 2. The maximum absolute atomic E-state index is 11.8. The first-order valence-corrected chi connectivity index (χ1v) is 6.34. The van der Waals surface area contributed by atoms with Crippen molar-refractivity contribution in [2.75, 3.05) is 19.7 Å². The Morgan fingerprint density at radius 2 is 2.31 bits per heavy atom. The molecule has 0 aliphatic carbocycles. The average molecular weight is 228 g/mol. The number of likely N-dealkylation sites (tertiary alicyclic amines) is 1. The molecule has 1 aliphatic rings. The predicted octanol–water partition coefficient (Wildman–Crippen LogP) is 0.735. The summed E-state index contributed by atoms with van der Waals surface area (Å²) < 4.78 is 0. The molecule has 2 atom stereocenters. The van der Waals surface area contributed by atoms with Crippen molar-refractivity contribution in [1.82, 2.24) is 4.90 Å². The summed E-state index contributed by atoms with van der Waals surface area (Å²) in [5.41, 5.74) is 5.75. The number of aliphatic hydroxyl groups is 1. The van der Waals surface area contributed by atoms with E-state index in [1.807, 2.05) is 4.90 Å². The maximum Gasteiger partial charge on any atom is 0.239 e. The molecule has 0 saturated carbocycles. The van der Waals surface area contributed by atoms with Crippen molar-refractivity contribution >= 4 is 5.91 Å². The van der Waals surface area contributed by atoms with Crippen LogP contribution in [0.25, 0.3) is 0 Å². The van der Waals surface area contributed by atoms with Gasteiger partial charge in [-0.15, -0.1) is 0 Å². The molecule has 1 rings (SSSR count). The highest BCUT2D eigenvalue weighted by Gasteiger charge is 2.26. The Bertz CT molecular complexity index is 215. The summed E-state index contributed by atoms with van der Waals surface area (Å²) in [5, 5.41) is 8.98. The third-order valence-electron chi connectivity index (χ3n) is 3.28. The second kappa shape index (κ2) is 6.86. The van der Waals surface area contributed by atoms with Gasteiger partial charge < -0.3 is 15.7 Å². The normalized spacial score (nSPS) is 23.6. The highest BCUT2D eigenvalue weighted by Crippen LogP contribution is 2.17. The van der Waals surface area contributed by atoms with Gasteiger partial charge in [0, 0.05) is 19.7 Å². The summed E-state index contributed by atoms with van der Waals surface area (Å²) >= 11 is 0. The van der Waals surface area contributed by atoms with Crippen molar-refractivity contribution < 1.29 is 9.90 Å². The zero-order valence-electron chi connectivity index (χ0n) is 10.2. The van der Waals surface area contributed by atoms with Gasteiger partial charge in [0.2, 0.25) is 5.91 Å². The Hall–Kier alpha value is -0.610. The second-order valence-electron chi connectivity index (χ2n) is 4.70. The SMILES string of the molecule is CCCC(CCO)CN1CCCC(N)C1=O. The molecule has 0 spiro atoms. The average Bonchev–Trinajstić information content (AvgIpc) is 2.25. The summed E-state index contributed by atoms with van der Waals surface area (Å²) in [7, 11) is 0. The molecular weight excluding hydrogens is 204 g/mol. The number of piperidine rings is 1. The molecule has 0 bridgehead atoms. The van der Waals surface area contributed by atoms with E-state index in [0.717, 1.165) is 45.2 Å². The number of amides is 1. The molecule has 94 valence electrons. The van der Waals surface area contributed by atoms with Crippen molar-refractivity contribution in [3.8, 4) is 0 Å². The Labute approximate surface area is 97.8 Å². The lowest BCUT2D eigenvalue weighted by atomic mass is 9.97. The fraction of sp³-hybridized carbons (Fsp3) is 0.917. The van der Waals surface area contributed by atoms with Crippen molar-refractivity contribution in [3.05, 3.63) is 0 Å². The summed E-state index contributed by atoms with van der Waals surface area (Å²) in [6.07, 6.45) is 4.77. The van der Waals surface area contributed by atoms with Crippen LogP contribution in [-0.2, 0) is 4.79 Å². The molecule has 4 nitrogen and oxygen atoms in total.